The lowest BCUT2D eigenvalue weighted by molar-refractivity contribution is 1.07. The molecular weight excluding hydrogens is 611 g/mol. The van der Waals surface area contributed by atoms with Crippen LogP contribution in [-0.4, -0.2) is 24.9 Å². The van der Waals surface area contributed by atoms with Crippen molar-refractivity contribution in [3.05, 3.63) is 176 Å². The number of aromatic nitrogens is 5. The van der Waals surface area contributed by atoms with E-state index in [4.69, 9.17) is 19.9 Å². The third-order valence-corrected chi connectivity index (χ3v) is 8.99. The number of pyridine rings is 2. The number of hydrogen-bond acceptors (Lipinski definition) is 5. The fourth-order valence-electron chi connectivity index (χ4n) is 6.51. The van der Waals surface area contributed by atoms with Gasteiger partial charge in [-0.1, -0.05) is 133 Å². The zero-order chi connectivity index (χ0) is 33.3. The van der Waals surface area contributed by atoms with Gasteiger partial charge >= 0.3 is 0 Å². The first-order valence-corrected chi connectivity index (χ1v) is 16.6. The normalized spacial score (nSPS) is 11.2. The van der Waals surface area contributed by atoms with Gasteiger partial charge < -0.3 is 0 Å². The molecule has 0 amide bonds. The SMILES string of the molecule is c1ccc(-c2nc(-c3ccccc3)nc(-c3cc(-c4ccc(-c5cccnc5)cc4)cc(-c4nc5ccccc5c5ccccc45)c3)n2)cc1. The molecule has 0 unspecified atom stereocenters. The first-order valence-electron chi connectivity index (χ1n) is 16.6. The maximum atomic E-state index is 5.27. The van der Waals surface area contributed by atoms with Gasteiger partial charge in [0.05, 0.1) is 11.2 Å². The Morgan fingerprint density at radius 2 is 0.800 bits per heavy atom. The molecule has 0 aliphatic heterocycles. The highest BCUT2D eigenvalue weighted by molar-refractivity contribution is 6.11. The zero-order valence-electron chi connectivity index (χ0n) is 27.0. The molecule has 6 aromatic carbocycles. The minimum Gasteiger partial charge on any atom is -0.264 e. The van der Waals surface area contributed by atoms with Crippen molar-refractivity contribution < 1.29 is 0 Å². The lowest BCUT2D eigenvalue weighted by Crippen LogP contribution is -2.00. The van der Waals surface area contributed by atoms with E-state index in [9.17, 15) is 0 Å². The summed E-state index contributed by atoms with van der Waals surface area (Å²) < 4.78 is 0. The highest BCUT2D eigenvalue weighted by Crippen LogP contribution is 2.37. The molecule has 0 saturated heterocycles. The summed E-state index contributed by atoms with van der Waals surface area (Å²) >= 11 is 0. The van der Waals surface area contributed by atoms with Gasteiger partial charge in [-0.25, -0.2) is 19.9 Å². The van der Waals surface area contributed by atoms with Gasteiger partial charge in [-0.05, 0) is 58.0 Å². The number of hydrogen-bond donors (Lipinski definition) is 0. The molecule has 50 heavy (non-hydrogen) atoms. The second kappa shape index (κ2) is 12.6. The van der Waals surface area contributed by atoms with E-state index in [0.717, 1.165) is 66.5 Å². The van der Waals surface area contributed by atoms with Crippen LogP contribution in [-0.2, 0) is 0 Å². The predicted molar refractivity (Wildman–Crippen MR) is 203 cm³/mol. The average molecular weight is 640 g/mol. The lowest BCUT2D eigenvalue weighted by Gasteiger charge is -2.14. The number of rotatable bonds is 6. The van der Waals surface area contributed by atoms with Crippen LogP contribution < -0.4 is 0 Å². The first kappa shape index (κ1) is 29.3. The van der Waals surface area contributed by atoms with E-state index in [1.54, 1.807) is 6.20 Å². The highest BCUT2D eigenvalue weighted by atomic mass is 15.0. The Hall–Kier alpha value is -6.85. The smallest absolute Gasteiger partial charge is 0.164 e. The third-order valence-electron chi connectivity index (χ3n) is 8.99. The van der Waals surface area contributed by atoms with Crippen LogP contribution in [0.15, 0.2) is 176 Å². The van der Waals surface area contributed by atoms with Crippen LogP contribution in [0.3, 0.4) is 0 Å². The molecular formula is C45H29N5. The minimum absolute atomic E-state index is 0.595. The average Bonchev–Trinajstić information content (AvgIpc) is 3.21. The molecule has 0 bridgehead atoms. The van der Waals surface area contributed by atoms with Crippen LogP contribution in [0, 0.1) is 0 Å². The summed E-state index contributed by atoms with van der Waals surface area (Å²) in [4.78, 5) is 24.7. The summed E-state index contributed by atoms with van der Waals surface area (Å²) in [6.07, 6.45) is 3.68. The molecule has 3 heterocycles. The number of para-hydroxylation sites is 1. The van der Waals surface area contributed by atoms with Crippen LogP contribution >= 0.6 is 0 Å². The second-order valence-electron chi connectivity index (χ2n) is 12.2. The standard InChI is InChI=1S/C45H29N5/c1-3-12-32(13-4-1)43-48-44(33-14-5-2-6-15-33)50-45(49-43)37-27-35(31-23-21-30(22-24-31)34-16-11-25-46-29-34)26-36(28-37)42-40-19-8-7-17-38(40)39-18-9-10-20-41(39)47-42/h1-29H. The van der Waals surface area contributed by atoms with Crippen molar-refractivity contribution in [3.8, 4) is 67.7 Å². The molecule has 0 saturated carbocycles. The zero-order valence-corrected chi connectivity index (χ0v) is 27.0. The second-order valence-corrected chi connectivity index (χ2v) is 12.2. The molecule has 9 rings (SSSR count). The largest absolute Gasteiger partial charge is 0.264 e. The van der Waals surface area contributed by atoms with Crippen molar-refractivity contribution in [2.24, 2.45) is 0 Å². The van der Waals surface area contributed by atoms with Gasteiger partial charge in [0.15, 0.2) is 17.5 Å². The molecule has 0 aliphatic carbocycles. The molecule has 5 nitrogen and oxygen atoms in total. The maximum absolute atomic E-state index is 5.27. The van der Waals surface area contributed by atoms with E-state index in [2.05, 4.69) is 96.0 Å². The fraction of sp³-hybridized carbons (Fsp3) is 0. The molecule has 5 heteroatoms. The monoisotopic (exact) mass is 639 g/mol. The van der Waals surface area contributed by atoms with Crippen LogP contribution in [0.4, 0.5) is 0 Å². The first-order chi connectivity index (χ1) is 24.8. The van der Waals surface area contributed by atoms with Gasteiger partial charge in [0.25, 0.3) is 0 Å². The molecule has 0 N–H and O–H groups in total. The fourth-order valence-corrected chi connectivity index (χ4v) is 6.51. The summed E-state index contributed by atoms with van der Waals surface area (Å²) in [6.45, 7) is 0. The Kier molecular flexibility index (Phi) is 7.41. The predicted octanol–water partition coefficient (Wildman–Crippen LogP) is 11.0. The van der Waals surface area contributed by atoms with Gasteiger partial charge in [0.2, 0.25) is 0 Å². The number of nitrogens with zero attached hydrogens (tertiary/aromatic N) is 5. The molecule has 3 aromatic heterocycles. The van der Waals surface area contributed by atoms with Crippen LogP contribution in [0.1, 0.15) is 0 Å². The molecule has 0 fully saturated rings. The molecule has 234 valence electrons. The van der Waals surface area contributed by atoms with Crippen molar-refractivity contribution in [1.29, 1.82) is 0 Å². The van der Waals surface area contributed by atoms with E-state index in [0.29, 0.717) is 17.5 Å². The summed E-state index contributed by atoms with van der Waals surface area (Å²) in [5, 5.41) is 3.39. The van der Waals surface area contributed by atoms with Gasteiger partial charge in [-0.3, -0.25) is 4.98 Å². The quantitative estimate of drug-likeness (QED) is 0.169. The van der Waals surface area contributed by atoms with Gasteiger partial charge in [-0.15, -0.1) is 0 Å². The Bertz CT molecular complexity index is 2560. The van der Waals surface area contributed by atoms with E-state index < -0.39 is 0 Å². The van der Waals surface area contributed by atoms with Crippen molar-refractivity contribution in [2.45, 2.75) is 0 Å². The minimum atomic E-state index is 0.595. The van der Waals surface area contributed by atoms with Gasteiger partial charge in [-0.2, -0.15) is 0 Å². The number of fused-ring (bicyclic) bond motifs is 3. The van der Waals surface area contributed by atoms with Crippen molar-refractivity contribution >= 4 is 21.7 Å². The Morgan fingerprint density at radius 3 is 1.44 bits per heavy atom. The van der Waals surface area contributed by atoms with Crippen molar-refractivity contribution in [3.63, 3.8) is 0 Å². The van der Waals surface area contributed by atoms with E-state index in [1.165, 1.54) is 5.39 Å². The van der Waals surface area contributed by atoms with Crippen LogP contribution in [0.5, 0.6) is 0 Å². The summed E-state index contributed by atoms with van der Waals surface area (Å²) in [7, 11) is 0. The third kappa shape index (κ3) is 5.57. The molecule has 0 radical (unpaired) electrons. The van der Waals surface area contributed by atoms with Crippen molar-refractivity contribution in [2.75, 3.05) is 0 Å². The van der Waals surface area contributed by atoms with Crippen LogP contribution in [0.25, 0.3) is 89.4 Å². The molecule has 0 aliphatic rings. The maximum Gasteiger partial charge on any atom is 0.164 e. The van der Waals surface area contributed by atoms with Crippen molar-refractivity contribution in [1.82, 2.24) is 24.9 Å². The molecule has 9 aromatic rings. The van der Waals surface area contributed by atoms with Gasteiger partial charge in [0.1, 0.15) is 0 Å². The summed E-state index contributed by atoms with van der Waals surface area (Å²) in [5.41, 5.74) is 9.88. The van der Waals surface area contributed by atoms with Crippen LogP contribution in [0.2, 0.25) is 0 Å². The van der Waals surface area contributed by atoms with E-state index in [1.807, 2.05) is 79.0 Å². The Balaban J connectivity index is 1.28. The van der Waals surface area contributed by atoms with E-state index >= 15 is 0 Å². The molecule has 0 spiro atoms. The summed E-state index contributed by atoms with van der Waals surface area (Å²) in [5.74, 6) is 1.84. The van der Waals surface area contributed by atoms with Gasteiger partial charge in [0, 0.05) is 45.4 Å². The highest BCUT2D eigenvalue weighted by Gasteiger charge is 2.17. The Labute approximate surface area is 289 Å². The molecule has 0 atom stereocenters. The Morgan fingerprint density at radius 1 is 0.300 bits per heavy atom. The van der Waals surface area contributed by atoms with E-state index in [-0.39, 0.29) is 0 Å². The lowest BCUT2D eigenvalue weighted by atomic mass is 9.94. The summed E-state index contributed by atoms with van der Waals surface area (Å²) in [6, 6.07) is 56.2. The topological polar surface area (TPSA) is 64.5 Å². The number of benzene rings is 6.